The maximum atomic E-state index is 6.45. The van der Waals surface area contributed by atoms with Crippen molar-refractivity contribution in [2.75, 3.05) is 33.7 Å². The summed E-state index contributed by atoms with van der Waals surface area (Å²) in [4.78, 5) is 5.06. The topological polar surface area (TPSA) is 32.5 Å². The summed E-state index contributed by atoms with van der Waals surface area (Å²) in [5.41, 5.74) is 6.88. The van der Waals surface area contributed by atoms with E-state index < -0.39 is 0 Å². The molecule has 2 aliphatic rings. The molecule has 0 radical (unpaired) electrons. The second kappa shape index (κ2) is 6.97. The predicted octanol–water partition coefficient (Wildman–Crippen LogP) is 2.80. The summed E-state index contributed by atoms with van der Waals surface area (Å²) in [7, 11) is 4.56. The lowest BCUT2D eigenvalue weighted by Gasteiger charge is -2.43. The van der Waals surface area contributed by atoms with Crippen LogP contribution < -0.4 is 5.73 Å². The van der Waals surface area contributed by atoms with E-state index in [-0.39, 0.29) is 0 Å². The highest BCUT2D eigenvalue weighted by Gasteiger charge is 2.35. The maximum Gasteiger partial charge on any atom is 0.0117 e. The molecule has 2 rings (SSSR count). The van der Waals surface area contributed by atoms with E-state index in [1.54, 1.807) is 0 Å². The van der Waals surface area contributed by atoms with Crippen LogP contribution in [-0.4, -0.2) is 55.6 Å². The first-order valence-corrected chi connectivity index (χ1v) is 8.91. The minimum absolute atomic E-state index is 0.414. The van der Waals surface area contributed by atoms with Gasteiger partial charge >= 0.3 is 0 Å². The van der Waals surface area contributed by atoms with Crippen LogP contribution in [0.3, 0.4) is 0 Å². The lowest BCUT2D eigenvalue weighted by molar-refractivity contribution is 0.0777. The Kier molecular flexibility index (Phi) is 5.72. The molecule has 0 aromatic carbocycles. The summed E-state index contributed by atoms with van der Waals surface area (Å²) in [6.45, 7) is 10.9. The van der Waals surface area contributed by atoms with Crippen molar-refractivity contribution in [1.29, 1.82) is 0 Å². The molecule has 3 unspecified atom stereocenters. The van der Waals surface area contributed by atoms with Crippen molar-refractivity contribution in [3.05, 3.63) is 0 Å². The standard InChI is InChI=1S/C18H37N3/c1-18(2,3)15-6-7-17(19)14(12-15)13-21(5)16-8-10-20(4)11-9-16/h14-17H,6-13,19H2,1-5H3. The maximum absolute atomic E-state index is 6.45. The summed E-state index contributed by atoms with van der Waals surface area (Å²) in [6, 6.07) is 1.18. The first-order valence-electron chi connectivity index (χ1n) is 8.91. The normalized spacial score (nSPS) is 33.6. The van der Waals surface area contributed by atoms with Crippen LogP contribution in [0.15, 0.2) is 0 Å². The highest BCUT2D eigenvalue weighted by Crippen LogP contribution is 2.40. The quantitative estimate of drug-likeness (QED) is 0.869. The van der Waals surface area contributed by atoms with Crippen molar-refractivity contribution >= 4 is 0 Å². The monoisotopic (exact) mass is 295 g/mol. The van der Waals surface area contributed by atoms with Crippen molar-refractivity contribution in [2.45, 2.75) is 65.0 Å². The van der Waals surface area contributed by atoms with Gasteiger partial charge in [0, 0.05) is 18.6 Å². The Hall–Kier alpha value is -0.120. The van der Waals surface area contributed by atoms with Gasteiger partial charge in [-0.05, 0) is 76.5 Å². The predicted molar refractivity (Wildman–Crippen MR) is 91.4 cm³/mol. The fourth-order valence-corrected chi connectivity index (χ4v) is 4.24. The summed E-state index contributed by atoms with van der Waals surface area (Å²) in [6.07, 6.45) is 6.49. The summed E-state index contributed by atoms with van der Waals surface area (Å²) >= 11 is 0. The molecule has 21 heavy (non-hydrogen) atoms. The third-order valence-electron chi connectivity index (χ3n) is 6.10. The van der Waals surface area contributed by atoms with Gasteiger partial charge in [-0.1, -0.05) is 20.8 Å². The third-order valence-corrected chi connectivity index (χ3v) is 6.10. The molecule has 1 aliphatic carbocycles. The molecular weight excluding hydrogens is 258 g/mol. The van der Waals surface area contributed by atoms with Gasteiger partial charge in [-0.15, -0.1) is 0 Å². The van der Waals surface area contributed by atoms with Crippen molar-refractivity contribution in [3.8, 4) is 0 Å². The Bertz CT molecular complexity index is 315. The molecule has 2 N–H and O–H groups in total. The van der Waals surface area contributed by atoms with Crippen LogP contribution in [0.4, 0.5) is 0 Å². The van der Waals surface area contributed by atoms with E-state index in [1.165, 1.54) is 51.7 Å². The molecule has 0 aromatic rings. The van der Waals surface area contributed by atoms with Gasteiger partial charge in [0.25, 0.3) is 0 Å². The van der Waals surface area contributed by atoms with E-state index in [4.69, 9.17) is 5.73 Å². The van der Waals surface area contributed by atoms with Crippen LogP contribution in [-0.2, 0) is 0 Å². The van der Waals surface area contributed by atoms with Crippen LogP contribution in [0.5, 0.6) is 0 Å². The molecule has 0 amide bonds. The molecule has 1 heterocycles. The summed E-state index contributed by atoms with van der Waals surface area (Å²) < 4.78 is 0. The Morgan fingerprint density at radius 2 is 1.71 bits per heavy atom. The number of rotatable bonds is 3. The highest BCUT2D eigenvalue weighted by atomic mass is 15.2. The van der Waals surface area contributed by atoms with E-state index in [9.17, 15) is 0 Å². The van der Waals surface area contributed by atoms with Gasteiger partial charge in [-0.2, -0.15) is 0 Å². The van der Waals surface area contributed by atoms with E-state index in [0.29, 0.717) is 17.4 Å². The first kappa shape index (κ1) is 17.2. The zero-order valence-electron chi connectivity index (χ0n) is 14.9. The van der Waals surface area contributed by atoms with Crippen LogP contribution in [0, 0.1) is 17.3 Å². The molecule has 2 fully saturated rings. The van der Waals surface area contributed by atoms with Crippen molar-refractivity contribution < 1.29 is 0 Å². The average Bonchev–Trinajstić information content (AvgIpc) is 2.40. The molecule has 0 spiro atoms. The van der Waals surface area contributed by atoms with Crippen molar-refractivity contribution in [3.63, 3.8) is 0 Å². The molecule has 3 atom stereocenters. The number of piperidine rings is 1. The first-order chi connectivity index (χ1) is 9.77. The number of hydrogen-bond donors (Lipinski definition) is 1. The van der Waals surface area contributed by atoms with E-state index >= 15 is 0 Å². The van der Waals surface area contributed by atoms with Gasteiger partial charge in [0.2, 0.25) is 0 Å². The number of hydrogen-bond acceptors (Lipinski definition) is 3. The second-order valence-corrected chi connectivity index (χ2v) is 8.77. The molecule has 3 nitrogen and oxygen atoms in total. The van der Waals surface area contributed by atoms with Gasteiger partial charge in [0.15, 0.2) is 0 Å². The SMILES string of the molecule is CN1CCC(N(C)CC2CC(C(C)(C)C)CCC2N)CC1. The van der Waals surface area contributed by atoms with Crippen molar-refractivity contribution in [2.24, 2.45) is 23.0 Å². The Morgan fingerprint density at radius 3 is 2.29 bits per heavy atom. The largest absolute Gasteiger partial charge is 0.327 e. The lowest BCUT2D eigenvalue weighted by atomic mass is 9.67. The molecule has 1 saturated carbocycles. The number of nitrogens with zero attached hydrogens (tertiary/aromatic N) is 2. The van der Waals surface area contributed by atoms with Crippen LogP contribution in [0.2, 0.25) is 0 Å². The Labute approximate surface area is 132 Å². The van der Waals surface area contributed by atoms with Crippen molar-refractivity contribution in [1.82, 2.24) is 9.80 Å². The molecule has 0 aromatic heterocycles. The highest BCUT2D eigenvalue weighted by molar-refractivity contribution is 4.89. The number of nitrogens with two attached hydrogens (primary N) is 1. The minimum Gasteiger partial charge on any atom is -0.327 e. The Morgan fingerprint density at radius 1 is 1.10 bits per heavy atom. The van der Waals surface area contributed by atoms with E-state index in [2.05, 4.69) is 44.7 Å². The Balaban J connectivity index is 1.87. The van der Waals surface area contributed by atoms with E-state index in [0.717, 1.165) is 12.0 Å². The van der Waals surface area contributed by atoms with Crippen LogP contribution >= 0.6 is 0 Å². The van der Waals surface area contributed by atoms with Gasteiger partial charge in [-0.3, -0.25) is 0 Å². The molecule has 1 aliphatic heterocycles. The molecular formula is C18H37N3. The smallest absolute Gasteiger partial charge is 0.0117 e. The minimum atomic E-state index is 0.414. The lowest BCUT2D eigenvalue weighted by Crippen LogP contribution is -2.48. The van der Waals surface area contributed by atoms with Gasteiger partial charge in [0.1, 0.15) is 0 Å². The molecule has 0 bridgehead atoms. The second-order valence-electron chi connectivity index (χ2n) is 8.77. The van der Waals surface area contributed by atoms with Crippen LogP contribution in [0.1, 0.15) is 52.9 Å². The number of likely N-dealkylation sites (tertiary alicyclic amines) is 1. The van der Waals surface area contributed by atoms with Gasteiger partial charge < -0.3 is 15.5 Å². The molecule has 1 saturated heterocycles. The summed E-state index contributed by atoms with van der Waals surface area (Å²) in [5, 5.41) is 0. The zero-order valence-corrected chi connectivity index (χ0v) is 14.9. The van der Waals surface area contributed by atoms with Gasteiger partial charge in [0.05, 0.1) is 0 Å². The van der Waals surface area contributed by atoms with Crippen LogP contribution in [0.25, 0.3) is 0 Å². The molecule has 3 heteroatoms. The van der Waals surface area contributed by atoms with E-state index in [1.807, 2.05) is 0 Å². The fourth-order valence-electron chi connectivity index (χ4n) is 4.24. The zero-order chi connectivity index (χ0) is 15.6. The summed E-state index contributed by atoms with van der Waals surface area (Å²) in [5.74, 6) is 1.53. The third kappa shape index (κ3) is 4.67. The fraction of sp³-hybridized carbons (Fsp3) is 1.00. The van der Waals surface area contributed by atoms with Gasteiger partial charge in [-0.25, -0.2) is 0 Å². The molecule has 124 valence electrons. The average molecular weight is 296 g/mol.